The Morgan fingerprint density at radius 1 is 0.322 bits per heavy atom. The molecule has 3 heteroatoms. The van der Waals surface area contributed by atoms with Crippen LogP contribution in [0, 0.1) is 0 Å². The molecule has 0 bridgehead atoms. The summed E-state index contributed by atoms with van der Waals surface area (Å²) in [7, 11) is 0. The third kappa shape index (κ3) is 4.23. The van der Waals surface area contributed by atoms with Gasteiger partial charge in [0.05, 0.1) is 27.5 Å². The minimum atomic E-state index is -0.701. The maximum absolute atomic E-state index is 14.3. The summed E-state index contributed by atoms with van der Waals surface area (Å²) in [6.07, 6.45) is 0. The lowest BCUT2D eigenvalue weighted by Gasteiger charge is -2.31. The number of ketones is 1. The molecule has 0 aliphatic heterocycles. The minimum Gasteiger partial charge on any atom is -0.309 e. The lowest BCUT2D eigenvalue weighted by atomic mass is 9.70. The molecular weight excluding hydrogens is 717 g/mol. The average Bonchev–Trinajstić information content (AvgIpc) is 4.00. The number of carbonyl (C=O) groups excluding carboxylic acids is 1. The monoisotopic (exact) mass is 750 g/mol. The van der Waals surface area contributed by atoms with Crippen LogP contribution in [0.5, 0.6) is 0 Å². The van der Waals surface area contributed by atoms with E-state index in [9.17, 15) is 4.79 Å². The highest BCUT2D eigenvalue weighted by atomic mass is 16.1. The third-order valence-electron chi connectivity index (χ3n) is 13.1. The summed E-state index contributed by atoms with van der Waals surface area (Å²) in [5.74, 6) is 0.0241. The highest BCUT2D eigenvalue weighted by Gasteiger charge is 2.52. The average molecular weight is 751 g/mol. The Hall–Kier alpha value is -7.75. The molecule has 2 aliphatic rings. The molecule has 0 radical (unpaired) electrons. The molecule has 0 unspecified atom stereocenters. The first-order valence-corrected chi connectivity index (χ1v) is 20.3. The van der Waals surface area contributed by atoms with Gasteiger partial charge in [0.15, 0.2) is 5.78 Å². The third-order valence-corrected chi connectivity index (χ3v) is 13.1. The Bertz CT molecular complexity index is 3310. The van der Waals surface area contributed by atoms with E-state index in [1.165, 1.54) is 77.0 Å². The minimum absolute atomic E-state index is 0.0241. The zero-order valence-electron chi connectivity index (χ0n) is 31.9. The van der Waals surface area contributed by atoms with E-state index < -0.39 is 5.41 Å². The van der Waals surface area contributed by atoms with E-state index in [4.69, 9.17) is 0 Å². The van der Waals surface area contributed by atoms with E-state index in [2.05, 4.69) is 179 Å². The van der Waals surface area contributed by atoms with Crippen LogP contribution in [0.2, 0.25) is 0 Å². The normalized spacial score (nSPS) is 13.3. The maximum Gasteiger partial charge on any atom is 0.193 e. The fourth-order valence-electron chi connectivity index (χ4n) is 10.7. The van der Waals surface area contributed by atoms with E-state index >= 15 is 0 Å². The smallest absolute Gasteiger partial charge is 0.193 e. The Labute approximate surface area is 340 Å². The fraction of sp³-hybridized carbons (Fsp3) is 0.0179. The Kier molecular flexibility index (Phi) is 6.52. The van der Waals surface area contributed by atoms with Gasteiger partial charge in [-0.15, -0.1) is 0 Å². The highest BCUT2D eigenvalue weighted by molar-refractivity contribution is 6.12. The summed E-state index contributed by atoms with van der Waals surface area (Å²) in [4.78, 5) is 14.3. The quantitative estimate of drug-likeness (QED) is 0.165. The Morgan fingerprint density at radius 2 is 0.712 bits per heavy atom. The zero-order chi connectivity index (χ0) is 38.8. The summed E-state index contributed by atoms with van der Waals surface area (Å²) < 4.78 is 4.84. The summed E-state index contributed by atoms with van der Waals surface area (Å²) in [6, 6.07) is 73.9. The van der Waals surface area contributed by atoms with Crippen LogP contribution in [0.3, 0.4) is 0 Å². The first kappa shape index (κ1) is 32.3. The van der Waals surface area contributed by atoms with Gasteiger partial charge >= 0.3 is 0 Å². The van der Waals surface area contributed by atoms with Crippen LogP contribution in [0.15, 0.2) is 206 Å². The second-order valence-electron chi connectivity index (χ2n) is 16.0. The Balaban J connectivity index is 1.14. The van der Waals surface area contributed by atoms with E-state index in [0.29, 0.717) is 11.1 Å². The van der Waals surface area contributed by atoms with Crippen molar-refractivity contribution in [2.45, 2.75) is 5.41 Å². The van der Waals surface area contributed by atoms with Crippen molar-refractivity contribution in [2.75, 3.05) is 0 Å². The van der Waals surface area contributed by atoms with Crippen LogP contribution >= 0.6 is 0 Å². The molecule has 2 heterocycles. The molecule has 2 aliphatic carbocycles. The molecule has 274 valence electrons. The number of fused-ring (bicyclic) bond motifs is 16. The predicted molar refractivity (Wildman–Crippen MR) is 241 cm³/mol. The van der Waals surface area contributed by atoms with Crippen molar-refractivity contribution < 1.29 is 4.79 Å². The van der Waals surface area contributed by atoms with Crippen molar-refractivity contribution in [1.29, 1.82) is 0 Å². The predicted octanol–water partition coefficient (Wildman–Crippen LogP) is 13.5. The summed E-state index contributed by atoms with van der Waals surface area (Å²) in [5, 5.41) is 4.94. The maximum atomic E-state index is 14.3. The molecule has 0 atom stereocenters. The molecule has 11 aromatic rings. The van der Waals surface area contributed by atoms with Crippen molar-refractivity contribution in [2.24, 2.45) is 0 Å². The van der Waals surface area contributed by atoms with E-state index in [-0.39, 0.29) is 5.78 Å². The van der Waals surface area contributed by atoms with E-state index in [1.54, 1.807) is 0 Å². The van der Waals surface area contributed by atoms with Gasteiger partial charge in [-0.3, -0.25) is 4.79 Å². The lowest BCUT2D eigenvalue weighted by Crippen LogP contribution is -2.26. The van der Waals surface area contributed by atoms with Gasteiger partial charge in [-0.2, -0.15) is 0 Å². The number of nitrogens with zero attached hydrogens (tertiary/aromatic N) is 2. The topological polar surface area (TPSA) is 26.9 Å². The molecule has 0 fully saturated rings. The van der Waals surface area contributed by atoms with Gasteiger partial charge < -0.3 is 9.13 Å². The molecule has 13 rings (SSSR count). The standard InChI is InChI=1S/C56H34N2O/c59-55(35-14-2-1-3-15-35)36-26-29-40-39-16-4-9-21-47(39)56(48(40)32-36)49-33-37(57-51-22-10-5-17-43(51)44-18-6-11-23-52(44)57)27-30-41(49)42-31-28-38(34-50(42)56)58-53-24-12-7-19-45(53)46-20-8-13-25-54(46)58/h1-34H. The van der Waals surface area contributed by atoms with Gasteiger partial charge in [0.25, 0.3) is 0 Å². The highest BCUT2D eigenvalue weighted by Crippen LogP contribution is 2.63. The molecule has 9 aromatic carbocycles. The second-order valence-corrected chi connectivity index (χ2v) is 16.0. The van der Waals surface area contributed by atoms with E-state index in [1.807, 2.05) is 36.4 Å². The second kappa shape index (κ2) is 11.9. The van der Waals surface area contributed by atoms with Crippen molar-refractivity contribution in [3.63, 3.8) is 0 Å². The fourth-order valence-corrected chi connectivity index (χ4v) is 10.7. The number of hydrogen-bond acceptors (Lipinski definition) is 1. The van der Waals surface area contributed by atoms with Crippen LogP contribution in [0.25, 0.3) is 77.2 Å². The molecule has 1 spiro atoms. The SMILES string of the molecule is O=C(c1ccccc1)c1ccc2c(c1)C1(c3ccccc3-2)c2cc(-n3c4ccccc4c4ccccc43)ccc2-c2ccc(-n3c4ccccc4c4ccccc43)cc21. The van der Waals surface area contributed by atoms with Crippen LogP contribution in [0.4, 0.5) is 0 Å². The van der Waals surface area contributed by atoms with Gasteiger partial charge in [0.2, 0.25) is 0 Å². The van der Waals surface area contributed by atoms with Crippen molar-refractivity contribution >= 4 is 49.4 Å². The number of para-hydroxylation sites is 4. The Morgan fingerprint density at radius 3 is 1.22 bits per heavy atom. The molecule has 0 amide bonds. The van der Waals surface area contributed by atoms with Crippen LogP contribution in [0.1, 0.15) is 38.2 Å². The number of benzene rings is 9. The van der Waals surface area contributed by atoms with Crippen molar-refractivity contribution in [1.82, 2.24) is 9.13 Å². The first-order chi connectivity index (χ1) is 29.2. The molecule has 0 N–H and O–H groups in total. The first-order valence-electron chi connectivity index (χ1n) is 20.3. The summed E-state index contributed by atoms with van der Waals surface area (Å²) >= 11 is 0. The number of rotatable bonds is 4. The summed E-state index contributed by atoms with van der Waals surface area (Å²) in [6.45, 7) is 0. The van der Waals surface area contributed by atoms with Crippen LogP contribution < -0.4 is 0 Å². The molecule has 3 nitrogen and oxygen atoms in total. The zero-order valence-corrected chi connectivity index (χ0v) is 31.9. The van der Waals surface area contributed by atoms with Crippen LogP contribution in [-0.4, -0.2) is 14.9 Å². The van der Waals surface area contributed by atoms with Gasteiger partial charge in [-0.05, 0) is 99.1 Å². The van der Waals surface area contributed by atoms with Crippen LogP contribution in [-0.2, 0) is 5.41 Å². The van der Waals surface area contributed by atoms with Crippen molar-refractivity contribution in [3.05, 3.63) is 240 Å². The molecular formula is C56H34N2O. The molecule has 0 saturated heterocycles. The van der Waals surface area contributed by atoms with Gasteiger partial charge in [0.1, 0.15) is 0 Å². The molecule has 0 saturated carbocycles. The molecule has 59 heavy (non-hydrogen) atoms. The number of aromatic nitrogens is 2. The largest absolute Gasteiger partial charge is 0.309 e. The van der Waals surface area contributed by atoms with Gasteiger partial charge in [-0.25, -0.2) is 0 Å². The number of carbonyl (C=O) groups is 1. The van der Waals surface area contributed by atoms with E-state index in [0.717, 1.165) is 22.5 Å². The van der Waals surface area contributed by atoms with Crippen molar-refractivity contribution in [3.8, 4) is 33.6 Å². The number of hydrogen-bond donors (Lipinski definition) is 0. The summed E-state index contributed by atoms with van der Waals surface area (Å²) in [5.41, 5.74) is 17.2. The molecule has 2 aromatic heterocycles. The van der Waals surface area contributed by atoms with Gasteiger partial charge in [-0.1, -0.05) is 152 Å². The lowest BCUT2D eigenvalue weighted by molar-refractivity contribution is 0.103. The van der Waals surface area contributed by atoms with Gasteiger partial charge in [0, 0.05) is 44.0 Å².